The molecular formula is C19H29FN4O. The molecule has 2 aliphatic rings. The van der Waals surface area contributed by atoms with Crippen LogP contribution < -0.4 is 10.6 Å². The number of anilines is 1. The molecule has 0 radical (unpaired) electrons. The lowest BCUT2D eigenvalue weighted by atomic mass is 9.80. The number of nitrogens with two attached hydrogens (primary N) is 1. The molecule has 2 N–H and O–H groups in total. The quantitative estimate of drug-likeness (QED) is 0.900. The predicted molar refractivity (Wildman–Crippen MR) is 98.0 cm³/mol. The van der Waals surface area contributed by atoms with Gasteiger partial charge in [0.25, 0.3) is 0 Å². The van der Waals surface area contributed by atoms with Crippen LogP contribution in [0.4, 0.5) is 10.1 Å². The van der Waals surface area contributed by atoms with Gasteiger partial charge in [0, 0.05) is 45.3 Å². The highest BCUT2D eigenvalue weighted by atomic mass is 19.1. The Balaban J connectivity index is 1.51. The van der Waals surface area contributed by atoms with E-state index in [0.717, 1.165) is 19.5 Å². The van der Waals surface area contributed by atoms with Crippen LogP contribution >= 0.6 is 0 Å². The molecule has 1 amide bonds. The van der Waals surface area contributed by atoms with E-state index in [1.165, 1.54) is 6.07 Å². The van der Waals surface area contributed by atoms with Crippen molar-refractivity contribution in [2.75, 3.05) is 50.7 Å². The van der Waals surface area contributed by atoms with E-state index >= 15 is 0 Å². The largest absolute Gasteiger partial charge is 0.366 e. The Bertz CT molecular complexity index is 613. The Labute approximate surface area is 149 Å². The second-order valence-corrected chi connectivity index (χ2v) is 7.91. The number of piperazine rings is 1. The summed E-state index contributed by atoms with van der Waals surface area (Å²) in [7, 11) is 0. The van der Waals surface area contributed by atoms with Crippen LogP contribution in [0.25, 0.3) is 0 Å². The van der Waals surface area contributed by atoms with Crippen LogP contribution in [0.15, 0.2) is 24.3 Å². The van der Waals surface area contributed by atoms with Gasteiger partial charge in [-0.2, -0.15) is 0 Å². The fourth-order valence-electron chi connectivity index (χ4n) is 3.82. The molecule has 0 aromatic heterocycles. The summed E-state index contributed by atoms with van der Waals surface area (Å²) >= 11 is 0. The van der Waals surface area contributed by atoms with E-state index in [1.54, 1.807) is 12.1 Å². The number of rotatable bonds is 3. The van der Waals surface area contributed by atoms with E-state index in [1.807, 2.05) is 15.9 Å². The van der Waals surface area contributed by atoms with E-state index in [0.29, 0.717) is 38.4 Å². The fourth-order valence-corrected chi connectivity index (χ4v) is 3.82. The molecular weight excluding hydrogens is 319 g/mol. The van der Waals surface area contributed by atoms with Gasteiger partial charge in [-0.15, -0.1) is 0 Å². The van der Waals surface area contributed by atoms with Gasteiger partial charge in [0.05, 0.1) is 12.2 Å². The maximum absolute atomic E-state index is 13.9. The monoisotopic (exact) mass is 348 g/mol. The van der Waals surface area contributed by atoms with Gasteiger partial charge >= 0.3 is 0 Å². The number of hydrogen-bond acceptors (Lipinski definition) is 4. The second-order valence-electron chi connectivity index (χ2n) is 7.91. The zero-order chi connectivity index (χ0) is 18.0. The first-order chi connectivity index (χ1) is 11.9. The smallest absolute Gasteiger partial charge is 0.236 e. The zero-order valence-corrected chi connectivity index (χ0v) is 15.2. The number of carbonyl (C=O) groups excluding carboxylic acids is 1. The number of amides is 1. The standard InChI is InChI=1S/C19H29FN4O/c1-19(2)14-22(8-7-17(19)21)13-18(25)24-11-9-23(10-12-24)16-6-4-3-5-15(16)20/h3-6,17H,7-14,21H2,1-2H3. The molecule has 6 heteroatoms. The molecule has 1 unspecified atom stereocenters. The van der Waals surface area contributed by atoms with Crippen molar-refractivity contribution >= 4 is 11.6 Å². The molecule has 2 heterocycles. The molecule has 0 bridgehead atoms. The average Bonchev–Trinajstić information content (AvgIpc) is 2.58. The number of carbonyl (C=O) groups is 1. The number of likely N-dealkylation sites (tertiary alicyclic amines) is 1. The van der Waals surface area contributed by atoms with Crippen molar-refractivity contribution < 1.29 is 9.18 Å². The van der Waals surface area contributed by atoms with Gasteiger partial charge in [0.15, 0.2) is 0 Å². The van der Waals surface area contributed by atoms with Crippen molar-refractivity contribution in [1.82, 2.24) is 9.80 Å². The van der Waals surface area contributed by atoms with Gasteiger partial charge < -0.3 is 15.5 Å². The molecule has 138 valence electrons. The Kier molecular flexibility index (Phi) is 5.29. The molecule has 0 aliphatic carbocycles. The molecule has 5 nitrogen and oxygen atoms in total. The molecule has 1 aromatic rings. The van der Waals surface area contributed by atoms with E-state index in [-0.39, 0.29) is 23.2 Å². The number of nitrogens with zero attached hydrogens (tertiary/aromatic N) is 3. The molecule has 0 spiro atoms. The number of hydrogen-bond donors (Lipinski definition) is 1. The normalized spacial score (nSPS) is 24.4. The topological polar surface area (TPSA) is 52.8 Å². The van der Waals surface area contributed by atoms with Crippen LogP contribution in [0.5, 0.6) is 0 Å². The maximum atomic E-state index is 13.9. The first kappa shape index (κ1) is 18.1. The number of para-hydroxylation sites is 1. The molecule has 25 heavy (non-hydrogen) atoms. The summed E-state index contributed by atoms with van der Waals surface area (Å²) in [5, 5.41) is 0. The third kappa shape index (κ3) is 4.12. The minimum absolute atomic E-state index is 0.0437. The SMILES string of the molecule is CC1(C)CN(CC(=O)N2CCN(c3ccccc3F)CC2)CCC1N. The van der Waals surface area contributed by atoms with Crippen LogP contribution in [0.3, 0.4) is 0 Å². The van der Waals surface area contributed by atoms with Gasteiger partial charge in [0.2, 0.25) is 5.91 Å². The van der Waals surface area contributed by atoms with Crippen molar-refractivity contribution in [3.63, 3.8) is 0 Å². The minimum Gasteiger partial charge on any atom is -0.366 e. The molecule has 2 aliphatic heterocycles. The summed E-state index contributed by atoms with van der Waals surface area (Å²) in [5.74, 6) is -0.0337. The summed E-state index contributed by atoms with van der Waals surface area (Å²) in [6, 6.07) is 7.02. The Morgan fingerprint density at radius 1 is 1.20 bits per heavy atom. The third-order valence-electron chi connectivity index (χ3n) is 5.58. The average molecular weight is 348 g/mol. The van der Waals surface area contributed by atoms with E-state index < -0.39 is 0 Å². The van der Waals surface area contributed by atoms with Crippen molar-refractivity contribution in [2.24, 2.45) is 11.1 Å². The van der Waals surface area contributed by atoms with E-state index in [9.17, 15) is 9.18 Å². The van der Waals surface area contributed by atoms with Crippen molar-refractivity contribution in [1.29, 1.82) is 0 Å². The van der Waals surface area contributed by atoms with Crippen LogP contribution in [-0.4, -0.2) is 67.6 Å². The third-order valence-corrected chi connectivity index (χ3v) is 5.58. The fraction of sp³-hybridized carbons (Fsp3) is 0.632. The molecule has 3 rings (SSSR count). The number of benzene rings is 1. The van der Waals surface area contributed by atoms with Crippen molar-refractivity contribution in [2.45, 2.75) is 26.3 Å². The first-order valence-electron chi connectivity index (χ1n) is 9.12. The highest BCUT2D eigenvalue weighted by molar-refractivity contribution is 5.78. The number of piperidine rings is 1. The molecule has 1 atom stereocenters. The van der Waals surface area contributed by atoms with Gasteiger partial charge in [-0.3, -0.25) is 9.69 Å². The van der Waals surface area contributed by atoms with Gasteiger partial charge in [-0.05, 0) is 24.0 Å². The van der Waals surface area contributed by atoms with Gasteiger partial charge in [0.1, 0.15) is 5.82 Å². The van der Waals surface area contributed by atoms with Gasteiger partial charge in [-0.1, -0.05) is 26.0 Å². The summed E-state index contributed by atoms with van der Waals surface area (Å²) in [4.78, 5) is 18.8. The van der Waals surface area contributed by atoms with Crippen LogP contribution in [0.1, 0.15) is 20.3 Å². The second kappa shape index (κ2) is 7.30. The maximum Gasteiger partial charge on any atom is 0.236 e. The summed E-state index contributed by atoms with van der Waals surface area (Å²) in [6.45, 7) is 9.15. The minimum atomic E-state index is -0.200. The Morgan fingerprint density at radius 2 is 1.88 bits per heavy atom. The Morgan fingerprint density at radius 3 is 2.52 bits per heavy atom. The van der Waals surface area contributed by atoms with Crippen LogP contribution in [0, 0.1) is 11.2 Å². The lowest BCUT2D eigenvalue weighted by Crippen LogP contribution is -2.56. The van der Waals surface area contributed by atoms with Crippen molar-refractivity contribution in [3.05, 3.63) is 30.1 Å². The van der Waals surface area contributed by atoms with E-state index in [2.05, 4.69) is 18.7 Å². The lowest BCUT2D eigenvalue weighted by molar-refractivity contribution is -0.133. The zero-order valence-electron chi connectivity index (χ0n) is 15.2. The molecule has 2 saturated heterocycles. The van der Waals surface area contributed by atoms with Crippen LogP contribution in [-0.2, 0) is 4.79 Å². The summed E-state index contributed by atoms with van der Waals surface area (Å²) in [5.41, 5.74) is 6.84. The summed E-state index contributed by atoms with van der Waals surface area (Å²) < 4.78 is 13.9. The highest BCUT2D eigenvalue weighted by Crippen LogP contribution is 2.27. The highest BCUT2D eigenvalue weighted by Gasteiger charge is 2.34. The Hall–Kier alpha value is -1.66. The number of halogens is 1. The first-order valence-corrected chi connectivity index (χ1v) is 9.12. The van der Waals surface area contributed by atoms with E-state index in [4.69, 9.17) is 5.73 Å². The van der Waals surface area contributed by atoms with Crippen LogP contribution in [0.2, 0.25) is 0 Å². The van der Waals surface area contributed by atoms with Gasteiger partial charge in [-0.25, -0.2) is 4.39 Å². The molecule has 0 saturated carbocycles. The molecule has 2 fully saturated rings. The lowest BCUT2D eigenvalue weighted by Gasteiger charge is -2.43. The molecule has 1 aromatic carbocycles. The predicted octanol–water partition coefficient (Wildman–Crippen LogP) is 1.53. The summed E-state index contributed by atoms with van der Waals surface area (Å²) in [6.07, 6.45) is 0.932. The van der Waals surface area contributed by atoms with Crippen molar-refractivity contribution in [3.8, 4) is 0 Å².